The minimum atomic E-state index is -1.27. The number of esters is 19. The van der Waals surface area contributed by atoms with Crippen LogP contribution in [0.5, 0.6) is 167 Å². The molecule has 0 aliphatic heterocycles. The highest BCUT2D eigenvalue weighted by Crippen LogP contribution is 2.62. The van der Waals surface area contributed by atoms with E-state index in [9.17, 15) is 91.1 Å². The summed E-state index contributed by atoms with van der Waals surface area (Å²) in [5, 5.41) is 0. The van der Waals surface area contributed by atoms with Gasteiger partial charge in [-0.25, -0.2) is 0 Å². The molecule has 0 N–H and O–H groups in total. The summed E-state index contributed by atoms with van der Waals surface area (Å²) < 4.78 is 139. The summed E-state index contributed by atoms with van der Waals surface area (Å²) in [6, 6.07) is 13.1. The number of hydrogen-bond acceptors (Lipinski definition) is 43. The van der Waals surface area contributed by atoms with Crippen LogP contribution in [0, 0.1) is 0 Å². The van der Waals surface area contributed by atoms with Gasteiger partial charge in [0, 0.05) is 223 Å². The van der Waals surface area contributed by atoms with E-state index in [1.54, 1.807) is 0 Å². The number of carbonyl (C=O) groups excluding carboxylic acids is 19. The Hall–Kier alpha value is -17.3. The van der Waals surface area contributed by atoms with E-state index in [1.807, 2.05) is 0 Å². The summed E-state index contributed by atoms with van der Waals surface area (Å²) in [4.78, 5) is 250. The van der Waals surface area contributed by atoms with Gasteiger partial charge in [-0.15, -0.1) is 0 Å². The van der Waals surface area contributed by atoms with E-state index in [4.69, 9.17) is 114 Å². The van der Waals surface area contributed by atoms with Crippen LogP contribution in [0.15, 0.2) is 91.0 Å². The first-order valence-electron chi connectivity index (χ1n) is 36.8. The molecular weight excluding hydrogens is 1720 g/mol. The van der Waals surface area contributed by atoms with E-state index in [0.717, 1.165) is 223 Å². The monoisotopic (exact) mass is 1790 g/mol. The first kappa shape index (κ1) is 97.1. The molecule has 0 amide bonds. The van der Waals surface area contributed by atoms with Crippen molar-refractivity contribution >= 4 is 113 Å². The summed E-state index contributed by atoms with van der Waals surface area (Å²) >= 11 is 0. The van der Waals surface area contributed by atoms with Crippen molar-refractivity contribution in [3.8, 4) is 189 Å². The summed E-state index contributed by atoms with van der Waals surface area (Å²) in [5.74, 6) is -44.0. The lowest BCUT2D eigenvalue weighted by atomic mass is 9.99. The fourth-order valence-electron chi connectivity index (χ4n) is 11.3. The molecule has 8 aromatic rings. The lowest BCUT2D eigenvalue weighted by Crippen LogP contribution is -2.13. The molecule has 0 saturated heterocycles. The largest absolute Gasteiger partial charge is 0.449 e. The molecule has 0 saturated carbocycles. The normalized spacial score (nSPS) is 10.4. The fraction of sp³-hybridized carbons (Fsp3) is 0.221. The van der Waals surface area contributed by atoms with Crippen molar-refractivity contribution < 1.29 is 205 Å². The Morgan fingerprint density at radius 1 is 0.124 bits per heavy atom. The molecule has 129 heavy (non-hydrogen) atoms. The molecule has 0 unspecified atom stereocenters. The number of rotatable bonds is 31. The molecular formula is C86H72O43. The highest BCUT2D eigenvalue weighted by atomic mass is 16.6. The number of hydrogen-bond donors (Lipinski definition) is 0. The maximum absolute atomic E-state index is 13.6. The second kappa shape index (κ2) is 42.2. The quantitative estimate of drug-likeness (QED) is 0.0288. The van der Waals surface area contributed by atoms with Crippen LogP contribution in [0.3, 0.4) is 0 Å². The van der Waals surface area contributed by atoms with Crippen molar-refractivity contribution in [2.24, 2.45) is 0 Å². The average Bonchev–Trinajstić information content (AvgIpc) is 0.747. The van der Waals surface area contributed by atoms with Crippen LogP contribution in [0.25, 0.3) is 22.3 Å². The van der Waals surface area contributed by atoms with Gasteiger partial charge in [-0.1, -0.05) is 0 Å². The Morgan fingerprint density at radius 3 is 0.488 bits per heavy atom. The number of benzene rings is 8. The molecule has 0 aromatic heterocycles. The summed E-state index contributed by atoms with van der Waals surface area (Å²) in [6.45, 7) is 16.9. The highest BCUT2D eigenvalue weighted by Gasteiger charge is 2.38. The Bertz CT molecular complexity index is 5560. The fourth-order valence-corrected chi connectivity index (χ4v) is 11.3. The lowest BCUT2D eigenvalue weighted by molar-refractivity contribution is -0.134. The molecule has 8 aromatic carbocycles. The van der Waals surface area contributed by atoms with E-state index in [2.05, 4.69) is 0 Å². The van der Waals surface area contributed by atoms with Gasteiger partial charge in [-0.3, -0.25) is 91.1 Å². The van der Waals surface area contributed by atoms with Crippen LogP contribution in [0.2, 0.25) is 0 Å². The molecule has 0 fully saturated rings. The average molecular weight is 1790 g/mol. The van der Waals surface area contributed by atoms with Crippen molar-refractivity contribution in [2.75, 3.05) is 0 Å². The Labute approximate surface area is 726 Å². The van der Waals surface area contributed by atoms with Gasteiger partial charge >= 0.3 is 113 Å². The molecule has 0 radical (unpaired) electrons. The zero-order chi connectivity index (χ0) is 95.6. The Kier molecular flexibility index (Phi) is 31.8. The lowest BCUT2D eigenvalue weighted by Gasteiger charge is -2.24. The van der Waals surface area contributed by atoms with E-state index in [0.29, 0.717) is 0 Å². The van der Waals surface area contributed by atoms with Crippen LogP contribution in [0.4, 0.5) is 0 Å². The summed E-state index contributed by atoms with van der Waals surface area (Å²) in [6.07, 6.45) is 0. The molecule has 43 nitrogen and oxygen atoms in total. The molecule has 0 aliphatic carbocycles. The smallest absolute Gasteiger partial charge is 0.308 e. The molecule has 0 bridgehead atoms. The van der Waals surface area contributed by atoms with E-state index in [-0.39, 0.29) is 0 Å². The Morgan fingerprint density at radius 2 is 0.271 bits per heavy atom. The molecule has 0 aliphatic rings. The SMILES string of the molecule is CC(=O)Oc1cc(OC(C)=O)cc(Oc2c(Oc3c(OC(C)=O)cc(Oc4c(OC(C)=O)cc(OC(C)=O)c(-c5c(OC(C)=O)cc(OC(C)=O)cc5OC(C)=O)c4OC(C)=O)cc3OC(C)=O)cc(OC(C)=O)cc2Oc2c(OC(C)=O)cc(Oc3c(OC(C)=O)cc(OC(C)=O)c(-c4c(OC(C)=O)cc(OC(C)=O)cc4OC(C)=O)c3OC(C)=O)cc2OC(C)=O)c1. The van der Waals surface area contributed by atoms with E-state index in [1.165, 1.54) is 0 Å². The van der Waals surface area contributed by atoms with Gasteiger partial charge in [0.05, 0.1) is 22.3 Å². The van der Waals surface area contributed by atoms with E-state index >= 15 is 0 Å². The van der Waals surface area contributed by atoms with Gasteiger partial charge < -0.3 is 114 Å². The molecule has 8 rings (SSSR count). The maximum atomic E-state index is 13.6. The third kappa shape index (κ3) is 27.3. The van der Waals surface area contributed by atoms with Crippen molar-refractivity contribution in [1.29, 1.82) is 0 Å². The van der Waals surface area contributed by atoms with Crippen LogP contribution < -0.4 is 114 Å². The third-order valence-electron chi connectivity index (χ3n) is 14.7. The summed E-state index contributed by atoms with van der Waals surface area (Å²) in [5.41, 5.74) is -2.71. The van der Waals surface area contributed by atoms with Gasteiger partial charge in [-0.05, 0) is 0 Å². The van der Waals surface area contributed by atoms with Crippen molar-refractivity contribution in [3.05, 3.63) is 91.0 Å². The van der Waals surface area contributed by atoms with Crippen LogP contribution >= 0.6 is 0 Å². The van der Waals surface area contributed by atoms with Gasteiger partial charge in [-0.2, -0.15) is 0 Å². The predicted octanol–water partition coefficient (Wildman–Crippen LogP) is 12.6. The molecule has 0 heterocycles. The topological polar surface area (TPSA) is 546 Å². The minimum Gasteiger partial charge on any atom is -0.449 e. The first-order valence-corrected chi connectivity index (χ1v) is 36.8. The van der Waals surface area contributed by atoms with E-state index < -0.39 is 302 Å². The number of ether oxygens (including phenoxy) is 24. The third-order valence-corrected chi connectivity index (χ3v) is 14.7. The second-order valence-electron chi connectivity index (χ2n) is 26.1. The zero-order valence-electron chi connectivity index (χ0n) is 71.2. The predicted molar refractivity (Wildman–Crippen MR) is 425 cm³/mol. The number of carbonyl (C=O) groups is 19. The van der Waals surface area contributed by atoms with Gasteiger partial charge in [0.2, 0.25) is 28.7 Å². The standard InChI is InChI=1S/C86H72O43/c1-35(87)106-54-20-55(107-36(2)88)22-56(21-54)125-80-72(128-81-68(117-46(12)98)29-60(30-69(81)118-47(13)99)126-83-74(121-50(16)102)33-66(115-44(10)96)78(85(83)123-52(18)104)76-62(111-40(6)92)23-57(108-37(3)89)24-63(76)112-41(7)93)27-59(110-39(5)91)28-73(80)129-82-70(119-48(14)100)31-61(32-71(82)120-49(15)101)127-84-75(122-51(17)103)34-67(116-45(11)97)79(86(84)124-53(19)105)77-64(113-42(8)94)25-58(109-38(4)90)26-65(77)114-43(9)95/h20-34H,1-19H3. The maximum Gasteiger partial charge on any atom is 0.308 e. The van der Waals surface area contributed by atoms with Gasteiger partial charge in [0.25, 0.3) is 0 Å². The van der Waals surface area contributed by atoms with Crippen LogP contribution in [-0.2, 0) is 91.1 Å². The molecule has 0 atom stereocenters. The molecule has 43 heteroatoms. The van der Waals surface area contributed by atoms with Gasteiger partial charge in [0.1, 0.15) is 80.5 Å². The molecule has 0 spiro atoms. The van der Waals surface area contributed by atoms with Crippen molar-refractivity contribution in [1.82, 2.24) is 0 Å². The molecule has 674 valence electrons. The minimum absolute atomic E-state index is 0.421. The van der Waals surface area contributed by atoms with Gasteiger partial charge in [0.15, 0.2) is 57.5 Å². The van der Waals surface area contributed by atoms with Crippen LogP contribution in [0.1, 0.15) is 132 Å². The highest BCUT2D eigenvalue weighted by molar-refractivity contribution is 5.98. The summed E-state index contributed by atoms with van der Waals surface area (Å²) in [7, 11) is 0. The first-order chi connectivity index (χ1) is 60.4. The van der Waals surface area contributed by atoms with Crippen LogP contribution in [-0.4, -0.2) is 113 Å². The van der Waals surface area contributed by atoms with Crippen molar-refractivity contribution in [2.45, 2.75) is 132 Å². The van der Waals surface area contributed by atoms with Crippen molar-refractivity contribution in [3.63, 3.8) is 0 Å². The Balaban J connectivity index is 1.51. The second-order valence-corrected chi connectivity index (χ2v) is 26.1. The zero-order valence-corrected chi connectivity index (χ0v) is 71.2.